The summed E-state index contributed by atoms with van der Waals surface area (Å²) < 4.78 is 40.4. The van der Waals surface area contributed by atoms with Crippen LogP contribution in [0.4, 0.5) is 18.9 Å². The Labute approximate surface area is 146 Å². The monoisotopic (exact) mass is 367 g/mol. The molecule has 6 nitrogen and oxygen atoms in total. The van der Waals surface area contributed by atoms with Crippen LogP contribution in [0.5, 0.6) is 0 Å². The van der Waals surface area contributed by atoms with Crippen LogP contribution < -0.4 is 10.5 Å². The SMILES string of the molecule is O=C(O)[C@@H]1CN(c2cnn(Cc3ccccc3)c(=O)c2)C[C@H]1C(F)(F)F. The third-order valence-corrected chi connectivity index (χ3v) is 4.45. The average Bonchev–Trinajstić information content (AvgIpc) is 3.04. The highest BCUT2D eigenvalue weighted by molar-refractivity contribution is 5.72. The van der Waals surface area contributed by atoms with Crippen LogP contribution in [0.15, 0.2) is 47.4 Å². The van der Waals surface area contributed by atoms with E-state index in [2.05, 4.69) is 5.10 Å². The van der Waals surface area contributed by atoms with Gasteiger partial charge < -0.3 is 10.0 Å². The molecule has 138 valence electrons. The van der Waals surface area contributed by atoms with E-state index < -0.39 is 36.1 Å². The highest BCUT2D eigenvalue weighted by Gasteiger charge is 2.52. The lowest BCUT2D eigenvalue weighted by atomic mass is 9.96. The van der Waals surface area contributed by atoms with Crippen molar-refractivity contribution in [1.82, 2.24) is 9.78 Å². The Morgan fingerprint density at radius 2 is 1.92 bits per heavy atom. The van der Waals surface area contributed by atoms with Crippen molar-refractivity contribution in [2.24, 2.45) is 11.8 Å². The largest absolute Gasteiger partial charge is 0.481 e. The maximum atomic E-state index is 13.1. The van der Waals surface area contributed by atoms with Crippen LogP contribution >= 0.6 is 0 Å². The number of aliphatic carboxylic acids is 1. The van der Waals surface area contributed by atoms with E-state index in [0.717, 1.165) is 5.56 Å². The highest BCUT2D eigenvalue weighted by atomic mass is 19.4. The second kappa shape index (κ2) is 6.81. The summed E-state index contributed by atoms with van der Waals surface area (Å²) in [6, 6.07) is 10.3. The van der Waals surface area contributed by atoms with Gasteiger partial charge in [0.25, 0.3) is 5.56 Å². The van der Waals surface area contributed by atoms with Crippen LogP contribution in [0.2, 0.25) is 0 Å². The summed E-state index contributed by atoms with van der Waals surface area (Å²) in [4.78, 5) is 24.6. The fraction of sp³-hybridized carbons (Fsp3) is 0.353. The number of halogens is 3. The number of carboxylic acid groups (broad SMARTS) is 1. The molecule has 0 bridgehead atoms. The zero-order valence-electron chi connectivity index (χ0n) is 13.6. The van der Waals surface area contributed by atoms with Gasteiger partial charge in [0.05, 0.1) is 30.3 Å². The molecule has 1 N–H and O–H groups in total. The smallest absolute Gasteiger partial charge is 0.394 e. The van der Waals surface area contributed by atoms with Gasteiger partial charge in [0.1, 0.15) is 0 Å². The third-order valence-electron chi connectivity index (χ3n) is 4.45. The summed E-state index contributed by atoms with van der Waals surface area (Å²) in [6.07, 6.45) is -3.32. The summed E-state index contributed by atoms with van der Waals surface area (Å²) in [5.74, 6) is -5.05. The Morgan fingerprint density at radius 3 is 2.46 bits per heavy atom. The second-order valence-corrected chi connectivity index (χ2v) is 6.19. The van der Waals surface area contributed by atoms with Crippen LogP contribution in [-0.2, 0) is 11.3 Å². The predicted molar refractivity (Wildman–Crippen MR) is 86.9 cm³/mol. The number of hydrogen-bond acceptors (Lipinski definition) is 4. The molecule has 1 aliphatic heterocycles. The molecule has 2 heterocycles. The minimum atomic E-state index is -4.62. The summed E-state index contributed by atoms with van der Waals surface area (Å²) in [7, 11) is 0. The first kappa shape index (κ1) is 18.0. The minimum absolute atomic E-state index is 0.192. The van der Waals surface area contributed by atoms with E-state index in [0.29, 0.717) is 0 Å². The van der Waals surface area contributed by atoms with Crippen molar-refractivity contribution in [2.75, 3.05) is 18.0 Å². The number of alkyl halides is 3. The van der Waals surface area contributed by atoms with Crippen LogP contribution in [0, 0.1) is 11.8 Å². The van der Waals surface area contributed by atoms with E-state index >= 15 is 0 Å². The summed E-state index contributed by atoms with van der Waals surface area (Å²) >= 11 is 0. The van der Waals surface area contributed by atoms with Crippen LogP contribution in [0.3, 0.4) is 0 Å². The Morgan fingerprint density at radius 1 is 1.23 bits per heavy atom. The third kappa shape index (κ3) is 3.71. The van der Waals surface area contributed by atoms with Crippen molar-refractivity contribution in [3.05, 3.63) is 58.5 Å². The van der Waals surface area contributed by atoms with Gasteiger partial charge in [-0.25, -0.2) is 4.68 Å². The summed E-state index contributed by atoms with van der Waals surface area (Å²) in [6.45, 7) is -0.587. The van der Waals surface area contributed by atoms with Crippen LogP contribution in [-0.4, -0.2) is 40.1 Å². The van der Waals surface area contributed by atoms with E-state index in [1.54, 1.807) is 0 Å². The minimum Gasteiger partial charge on any atom is -0.481 e. The van der Waals surface area contributed by atoms with Gasteiger partial charge in [-0.2, -0.15) is 18.3 Å². The van der Waals surface area contributed by atoms with Crippen molar-refractivity contribution in [1.29, 1.82) is 0 Å². The average molecular weight is 367 g/mol. The molecule has 0 aliphatic carbocycles. The molecular formula is C17H16F3N3O3. The second-order valence-electron chi connectivity index (χ2n) is 6.19. The molecule has 1 aromatic heterocycles. The van der Waals surface area contributed by atoms with E-state index in [4.69, 9.17) is 5.11 Å². The van der Waals surface area contributed by atoms with Crippen molar-refractivity contribution in [3.8, 4) is 0 Å². The number of aromatic nitrogens is 2. The Bertz CT molecular complexity index is 852. The molecule has 0 radical (unpaired) electrons. The molecule has 1 fully saturated rings. The van der Waals surface area contributed by atoms with Gasteiger partial charge >= 0.3 is 12.1 Å². The first-order valence-corrected chi connectivity index (χ1v) is 7.91. The topological polar surface area (TPSA) is 75.4 Å². The molecule has 3 rings (SSSR count). The van der Waals surface area contributed by atoms with Gasteiger partial charge in [0.15, 0.2) is 0 Å². The molecule has 0 saturated carbocycles. The van der Waals surface area contributed by atoms with Gasteiger partial charge in [-0.1, -0.05) is 30.3 Å². The molecule has 0 amide bonds. The fourth-order valence-corrected chi connectivity index (χ4v) is 3.07. The number of rotatable bonds is 4. The lowest BCUT2D eigenvalue weighted by Gasteiger charge is -2.19. The Balaban J connectivity index is 1.81. The number of carbonyl (C=O) groups is 1. The van der Waals surface area contributed by atoms with Gasteiger partial charge in [-0.05, 0) is 5.56 Å². The zero-order chi connectivity index (χ0) is 18.9. The fourth-order valence-electron chi connectivity index (χ4n) is 3.07. The van der Waals surface area contributed by atoms with Crippen LogP contribution in [0.25, 0.3) is 0 Å². The molecule has 1 aromatic carbocycles. The highest BCUT2D eigenvalue weighted by Crippen LogP contribution is 2.39. The molecule has 1 saturated heterocycles. The number of nitrogens with zero attached hydrogens (tertiary/aromatic N) is 3. The first-order valence-electron chi connectivity index (χ1n) is 7.91. The van der Waals surface area contributed by atoms with E-state index in [1.165, 1.54) is 21.8 Å². The number of anilines is 1. The maximum Gasteiger partial charge on any atom is 0.394 e. The molecule has 2 aromatic rings. The molecular weight excluding hydrogens is 351 g/mol. The van der Waals surface area contributed by atoms with Gasteiger partial charge in [0, 0.05) is 19.2 Å². The predicted octanol–water partition coefficient (Wildman–Crippen LogP) is 1.99. The number of benzene rings is 1. The van der Waals surface area contributed by atoms with Crippen molar-refractivity contribution >= 4 is 11.7 Å². The van der Waals surface area contributed by atoms with E-state index in [-0.39, 0.29) is 18.8 Å². The quantitative estimate of drug-likeness (QED) is 0.895. The standard InChI is InChI=1S/C17H16F3N3O3/c18-17(19,20)14-10-22(9-13(14)16(25)26)12-6-15(24)23(21-7-12)8-11-4-2-1-3-5-11/h1-7,13-14H,8-10H2,(H,25,26)/t13-,14-/m1/s1. The van der Waals surface area contributed by atoms with Gasteiger partial charge in [0.2, 0.25) is 0 Å². The molecule has 9 heteroatoms. The molecule has 0 spiro atoms. The number of carboxylic acids is 1. The summed E-state index contributed by atoms with van der Waals surface area (Å²) in [5, 5.41) is 13.1. The lowest BCUT2D eigenvalue weighted by molar-refractivity contribution is -0.187. The lowest BCUT2D eigenvalue weighted by Crippen LogP contribution is -2.33. The van der Waals surface area contributed by atoms with E-state index in [9.17, 15) is 22.8 Å². The molecule has 26 heavy (non-hydrogen) atoms. The Hall–Kier alpha value is -2.84. The maximum absolute atomic E-state index is 13.1. The van der Waals surface area contributed by atoms with Crippen LogP contribution in [0.1, 0.15) is 5.56 Å². The molecule has 2 atom stereocenters. The summed E-state index contributed by atoms with van der Waals surface area (Å²) in [5.41, 5.74) is 0.588. The molecule has 0 unspecified atom stereocenters. The van der Waals surface area contributed by atoms with Crippen molar-refractivity contribution in [2.45, 2.75) is 12.7 Å². The number of hydrogen-bond donors (Lipinski definition) is 1. The Kier molecular flexibility index (Phi) is 4.71. The van der Waals surface area contributed by atoms with Gasteiger partial charge in [-0.3, -0.25) is 9.59 Å². The zero-order valence-corrected chi connectivity index (χ0v) is 13.6. The normalized spacial score (nSPS) is 20.3. The van der Waals surface area contributed by atoms with Gasteiger partial charge in [-0.15, -0.1) is 0 Å². The molecule has 1 aliphatic rings. The van der Waals surface area contributed by atoms with Crippen molar-refractivity contribution < 1.29 is 23.1 Å². The first-order chi connectivity index (χ1) is 12.3. The van der Waals surface area contributed by atoms with Crippen molar-refractivity contribution in [3.63, 3.8) is 0 Å². The van der Waals surface area contributed by atoms with E-state index in [1.807, 2.05) is 30.3 Å².